The second-order valence-electron chi connectivity index (χ2n) is 9.36. The lowest BCUT2D eigenvalue weighted by molar-refractivity contribution is -0.142. The molecule has 0 bridgehead atoms. The highest BCUT2D eigenvalue weighted by molar-refractivity contribution is 5.95. The molecule has 4 rings (SSSR count). The summed E-state index contributed by atoms with van der Waals surface area (Å²) in [5.74, 6) is -2.34. The van der Waals surface area contributed by atoms with E-state index in [1.54, 1.807) is 42.5 Å². The highest BCUT2D eigenvalue weighted by Crippen LogP contribution is 2.22. The van der Waals surface area contributed by atoms with Gasteiger partial charge in [0, 0.05) is 5.56 Å². The summed E-state index contributed by atoms with van der Waals surface area (Å²) < 4.78 is 0. The number of aliphatic carboxylic acids is 1. The lowest BCUT2D eigenvalue weighted by Gasteiger charge is -2.23. The van der Waals surface area contributed by atoms with Gasteiger partial charge in [0.1, 0.15) is 0 Å². The molecule has 0 aliphatic carbocycles. The molecule has 1 amide bonds. The summed E-state index contributed by atoms with van der Waals surface area (Å²) in [6.07, 6.45) is 4.67. The molecule has 4 aromatic carbocycles. The van der Waals surface area contributed by atoms with E-state index in [-0.39, 0.29) is 12.3 Å². The number of amides is 1. The molecule has 2 N–H and O–H groups in total. The van der Waals surface area contributed by atoms with Crippen LogP contribution in [-0.4, -0.2) is 23.0 Å². The topological polar surface area (TPSA) is 90.2 Å². The maximum absolute atomic E-state index is 13.3. The van der Waals surface area contributed by atoms with Gasteiger partial charge in [-0.3, -0.25) is 9.59 Å². The van der Waals surface area contributed by atoms with E-state index >= 15 is 0 Å². The van der Waals surface area contributed by atoms with E-state index in [0.717, 1.165) is 23.1 Å². The maximum atomic E-state index is 13.3. The zero-order valence-corrected chi connectivity index (χ0v) is 21.7. The minimum atomic E-state index is -1.04. The predicted molar refractivity (Wildman–Crippen MR) is 154 cm³/mol. The van der Waals surface area contributed by atoms with Gasteiger partial charge >= 0.3 is 5.97 Å². The van der Waals surface area contributed by atoms with Crippen LogP contribution in [0.25, 0.3) is 17.2 Å². The normalized spacial score (nSPS) is 12.4. The van der Waals surface area contributed by atoms with E-state index in [2.05, 4.69) is 42.6 Å². The second-order valence-corrected chi connectivity index (χ2v) is 9.36. The highest BCUT2D eigenvalue weighted by Gasteiger charge is 2.28. The Labute approximate surface area is 229 Å². The van der Waals surface area contributed by atoms with Gasteiger partial charge in [0.2, 0.25) is 0 Å². The van der Waals surface area contributed by atoms with E-state index in [1.165, 1.54) is 5.56 Å². The van der Waals surface area contributed by atoms with Gasteiger partial charge in [-0.15, -0.1) is 0 Å². The quantitative estimate of drug-likeness (QED) is 0.251. The van der Waals surface area contributed by atoms with Crippen molar-refractivity contribution in [1.82, 2.24) is 5.32 Å². The number of nitrogens with zero attached hydrogens (tertiary/aromatic N) is 1. The first kappa shape index (κ1) is 27.1. The number of nitrogens with one attached hydrogen (secondary N) is 1. The molecule has 0 radical (unpaired) electrons. The van der Waals surface area contributed by atoms with Gasteiger partial charge in [-0.25, -0.2) is 0 Å². The van der Waals surface area contributed by atoms with Crippen LogP contribution in [0.5, 0.6) is 0 Å². The van der Waals surface area contributed by atoms with Crippen molar-refractivity contribution in [3.05, 3.63) is 137 Å². The van der Waals surface area contributed by atoms with Crippen LogP contribution in [0, 0.1) is 17.2 Å². The first-order chi connectivity index (χ1) is 19.0. The Kier molecular flexibility index (Phi) is 9.05. The van der Waals surface area contributed by atoms with E-state index in [0.29, 0.717) is 16.7 Å². The molecule has 0 unspecified atom stereocenters. The number of hydrogen-bond donors (Lipinski definition) is 2. The van der Waals surface area contributed by atoms with Crippen molar-refractivity contribution < 1.29 is 14.7 Å². The average molecular weight is 515 g/mol. The van der Waals surface area contributed by atoms with Crippen molar-refractivity contribution in [2.24, 2.45) is 5.92 Å². The SMILES string of the molecule is CCc1ccc(-c2ccc(C(=O)N[C@H](/C=C/c3ccccc3)[C@@H](Cc3cccc(C#N)c3)C(=O)O)cc2)cc1. The molecule has 5 nitrogen and oxygen atoms in total. The second kappa shape index (κ2) is 13.0. The summed E-state index contributed by atoms with van der Waals surface area (Å²) >= 11 is 0. The Morgan fingerprint density at radius 1 is 0.872 bits per heavy atom. The molecule has 39 heavy (non-hydrogen) atoms. The fourth-order valence-corrected chi connectivity index (χ4v) is 4.43. The summed E-state index contributed by atoms with van der Waals surface area (Å²) in [5.41, 5.74) is 5.83. The van der Waals surface area contributed by atoms with Gasteiger partial charge in [0.25, 0.3) is 5.91 Å². The summed E-state index contributed by atoms with van der Waals surface area (Å²) in [7, 11) is 0. The first-order valence-electron chi connectivity index (χ1n) is 12.9. The largest absolute Gasteiger partial charge is 0.481 e. The summed E-state index contributed by atoms with van der Waals surface area (Å²) in [6, 6.07) is 33.3. The van der Waals surface area contributed by atoms with Crippen molar-refractivity contribution in [3.63, 3.8) is 0 Å². The lowest BCUT2D eigenvalue weighted by atomic mass is 9.90. The van der Waals surface area contributed by atoms with Gasteiger partial charge in [-0.2, -0.15) is 5.26 Å². The number of nitriles is 1. The zero-order valence-electron chi connectivity index (χ0n) is 21.7. The minimum absolute atomic E-state index is 0.154. The van der Waals surface area contributed by atoms with E-state index in [4.69, 9.17) is 0 Å². The fraction of sp³-hybridized carbons (Fsp3) is 0.147. The standard InChI is InChI=1S/C34H30N2O3/c1-2-24-11-14-28(15-12-24)29-16-18-30(19-17-29)33(37)36-32(20-13-25-7-4-3-5-8-25)31(34(38)39)22-26-9-6-10-27(21-26)23-35/h3-21,31-32H,2,22H2,1H3,(H,36,37)(H,38,39)/b20-13+/t31-,32-/m1/s1. The molecule has 0 aliphatic rings. The van der Waals surface area contributed by atoms with Crippen molar-refractivity contribution in [1.29, 1.82) is 5.26 Å². The lowest BCUT2D eigenvalue weighted by Crippen LogP contribution is -2.43. The van der Waals surface area contributed by atoms with Crippen LogP contribution in [0.3, 0.4) is 0 Å². The number of hydrogen-bond acceptors (Lipinski definition) is 3. The van der Waals surface area contributed by atoms with Crippen LogP contribution in [0.2, 0.25) is 0 Å². The smallest absolute Gasteiger partial charge is 0.309 e. The molecule has 0 fully saturated rings. The number of rotatable bonds is 10. The first-order valence-corrected chi connectivity index (χ1v) is 12.9. The molecule has 0 saturated heterocycles. The summed E-state index contributed by atoms with van der Waals surface area (Å²) in [6.45, 7) is 2.11. The third-order valence-electron chi connectivity index (χ3n) is 6.70. The number of aryl methyl sites for hydroxylation is 1. The van der Waals surface area contributed by atoms with Crippen LogP contribution >= 0.6 is 0 Å². The highest BCUT2D eigenvalue weighted by atomic mass is 16.4. The molecule has 0 aromatic heterocycles. The summed E-state index contributed by atoms with van der Waals surface area (Å²) in [5, 5.41) is 22.3. The molecular weight excluding hydrogens is 484 g/mol. The Hall–Kier alpha value is -4.95. The Morgan fingerprint density at radius 2 is 1.54 bits per heavy atom. The van der Waals surface area contributed by atoms with E-state index in [1.807, 2.05) is 48.5 Å². The fourth-order valence-electron chi connectivity index (χ4n) is 4.43. The molecule has 194 valence electrons. The Bertz CT molecular complexity index is 1480. The third-order valence-corrected chi connectivity index (χ3v) is 6.70. The van der Waals surface area contributed by atoms with E-state index < -0.39 is 17.9 Å². The molecule has 4 aromatic rings. The van der Waals surface area contributed by atoms with Crippen molar-refractivity contribution in [2.75, 3.05) is 0 Å². The maximum Gasteiger partial charge on any atom is 0.309 e. The van der Waals surface area contributed by atoms with Crippen LogP contribution in [-0.2, 0) is 17.6 Å². The minimum Gasteiger partial charge on any atom is -0.481 e. The molecule has 2 atom stereocenters. The molecule has 0 spiro atoms. The van der Waals surface area contributed by atoms with Crippen molar-refractivity contribution >= 4 is 18.0 Å². The van der Waals surface area contributed by atoms with Crippen LogP contribution in [0.4, 0.5) is 0 Å². The summed E-state index contributed by atoms with van der Waals surface area (Å²) in [4.78, 5) is 25.7. The number of benzene rings is 4. The molecule has 0 saturated carbocycles. The van der Waals surface area contributed by atoms with Gasteiger partial charge in [0.15, 0.2) is 0 Å². The van der Waals surface area contributed by atoms with Gasteiger partial charge in [-0.05, 0) is 64.9 Å². The molecule has 5 heteroatoms. The van der Waals surface area contributed by atoms with Crippen molar-refractivity contribution in [2.45, 2.75) is 25.8 Å². The number of carboxylic acid groups (broad SMARTS) is 1. The van der Waals surface area contributed by atoms with Crippen LogP contribution in [0.1, 0.15) is 39.5 Å². The third kappa shape index (κ3) is 7.30. The van der Waals surface area contributed by atoms with Gasteiger partial charge < -0.3 is 10.4 Å². The Morgan fingerprint density at radius 3 is 2.15 bits per heavy atom. The average Bonchev–Trinajstić information content (AvgIpc) is 2.98. The van der Waals surface area contributed by atoms with Gasteiger partial charge in [-0.1, -0.05) is 97.9 Å². The number of carbonyl (C=O) groups is 2. The predicted octanol–water partition coefficient (Wildman–Crippen LogP) is 6.54. The van der Waals surface area contributed by atoms with Gasteiger partial charge in [0.05, 0.1) is 23.6 Å². The van der Waals surface area contributed by atoms with Crippen LogP contribution < -0.4 is 5.32 Å². The number of carbonyl (C=O) groups excluding carboxylic acids is 1. The molecule has 0 heterocycles. The Balaban J connectivity index is 1.58. The number of carboxylic acids is 1. The monoisotopic (exact) mass is 514 g/mol. The van der Waals surface area contributed by atoms with Crippen molar-refractivity contribution in [3.8, 4) is 17.2 Å². The zero-order chi connectivity index (χ0) is 27.6. The van der Waals surface area contributed by atoms with E-state index in [9.17, 15) is 20.0 Å². The van der Waals surface area contributed by atoms with Crippen LogP contribution in [0.15, 0.2) is 109 Å². The molecular formula is C34H30N2O3. The molecule has 0 aliphatic heterocycles.